The lowest BCUT2D eigenvalue weighted by molar-refractivity contribution is 0.0680. The Labute approximate surface area is 101 Å². The molecule has 0 saturated carbocycles. The molecule has 17 heavy (non-hydrogen) atoms. The fourth-order valence-corrected chi connectivity index (χ4v) is 2.26. The molecule has 0 bridgehead atoms. The summed E-state index contributed by atoms with van der Waals surface area (Å²) in [5.41, 5.74) is 0.434. The maximum absolute atomic E-state index is 11.7. The summed E-state index contributed by atoms with van der Waals surface area (Å²) >= 11 is 6.00. The van der Waals surface area contributed by atoms with E-state index >= 15 is 0 Å². The Morgan fingerprint density at radius 3 is 2.35 bits per heavy atom. The number of hydrogen-bond donors (Lipinski definition) is 0. The van der Waals surface area contributed by atoms with Crippen molar-refractivity contribution in [3.8, 4) is 0 Å². The maximum atomic E-state index is 11.7. The standard InChI is InChI=1S/C12H5ClNO3/c13-9-5-4-8-10-6(9)2-1-3-7(10)11(15)14(17)12(8)16/h1-5H/q-1. The van der Waals surface area contributed by atoms with Crippen molar-refractivity contribution < 1.29 is 9.59 Å². The van der Waals surface area contributed by atoms with Crippen molar-refractivity contribution in [1.82, 2.24) is 5.06 Å². The molecule has 0 unspecified atom stereocenters. The molecule has 1 heterocycles. The van der Waals surface area contributed by atoms with Crippen molar-refractivity contribution >= 4 is 34.2 Å². The first-order chi connectivity index (χ1) is 8.11. The zero-order valence-electron chi connectivity index (χ0n) is 8.44. The van der Waals surface area contributed by atoms with E-state index in [-0.39, 0.29) is 16.2 Å². The Morgan fingerprint density at radius 1 is 1.00 bits per heavy atom. The first-order valence-electron chi connectivity index (χ1n) is 4.88. The second-order valence-corrected chi connectivity index (χ2v) is 4.13. The second kappa shape index (κ2) is 3.29. The fraction of sp³-hybridized carbons (Fsp3) is 0. The lowest BCUT2D eigenvalue weighted by Crippen LogP contribution is -2.35. The molecule has 2 amide bonds. The number of carbonyl (C=O) groups excluding carboxylic acids is 2. The van der Waals surface area contributed by atoms with Crippen LogP contribution in [-0.4, -0.2) is 16.9 Å². The van der Waals surface area contributed by atoms with E-state index in [1.54, 1.807) is 18.2 Å². The van der Waals surface area contributed by atoms with Crippen molar-refractivity contribution in [2.75, 3.05) is 0 Å². The monoisotopic (exact) mass is 246 g/mol. The summed E-state index contributed by atoms with van der Waals surface area (Å²) in [7, 11) is 0. The molecule has 0 saturated heterocycles. The van der Waals surface area contributed by atoms with Gasteiger partial charge in [-0.05, 0) is 18.2 Å². The zero-order chi connectivity index (χ0) is 12.2. The second-order valence-electron chi connectivity index (χ2n) is 3.73. The highest BCUT2D eigenvalue weighted by atomic mass is 35.5. The summed E-state index contributed by atoms with van der Waals surface area (Å²) in [6.45, 7) is 0. The number of carbonyl (C=O) groups is 2. The third-order valence-corrected chi connectivity index (χ3v) is 3.15. The van der Waals surface area contributed by atoms with Gasteiger partial charge in [-0.3, -0.25) is 9.59 Å². The van der Waals surface area contributed by atoms with Crippen LogP contribution in [0.15, 0.2) is 30.3 Å². The number of hydroxylamine groups is 2. The molecule has 84 valence electrons. The van der Waals surface area contributed by atoms with Gasteiger partial charge in [-0.2, -0.15) is 0 Å². The van der Waals surface area contributed by atoms with Crippen LogP contribution in [0.25, 0.3) is 10.8 Å². The van der Waals surface area contributed by atoms with Crippen LogP contribution in [0.4, 0.5) is 0 Å². The minimum atomic E-state index is -0.838. The van der Waals surface area contributed by atoms with Gasteiger partial charge in [-0.25, -0.2) is 0 Å². The Bertz CT molecular complexity index is 659. The Morgan fingerprint density at radius 2 is 1.65 bits per heavy atom. The van der Waals surface area contributed by atoms with Crippen molar-refractivity contribution in [3.63, 3.8) is 0 Å². The van der Waals surface area contributed by atoms with Crippen LogP contribution in [0.2, 0.25) is 5.02 Å². The van der Waals surface area contributed by atoms with E-state index in [2.05, 4.69) is 0 Å². The first-order valence-corrected chi connectivity index (χ1v) is 5.26. The van der Waals surface area contributed by atoms with E-state index in [0.29, 0.717) is 15.8 Å². The number of amides is 2. The minimum Gasteiger partial charge on any atom is -0.749 e. The Kier molecular flexibility index (Phi) is 1.98. The average molecular weight is 247 g/mol. The van der Waals surface area contributed by atoms with Gasteiger partial charge in [0.25, 0.3) is 11.8 Å². The first kappa shape index (κ1) is 10.3. The lowest BCUT2D eigenvalue weighted by atomic mass is 9.95. The molecule has 2 aromatic rings. The molecule has 5 heteroatoms. The topological polar surface area (TPSA) is 60.4 Å². The molecule has 0 atom stereocenters. The van der Waals surface area contributed by atoms with E-state index in [0.717, 1.165) is 0 Å². The van der Waals surface area contributed by atoms with Crippen LogP contribution in [-0.2, 0) is 0 Å². The number of hydrogen-bond acceptors (Lipinski definition) is 3. The summed E-state index contributed by atoms with van der Waals surface area (Å²) in [5.74, 6) is -1.68. The molecule has 1 aliphatic rings. The number of nitrogens with zero attached hydrogens (tertiary/aromatic N) is 1. The number of imide groups is 1. The predicted octanol–water partition coefficient (Wildman–Crippen LogP) is 2.59. The molecule has 0 aliphatic carbocycles. The normalized spacial score (nSPS) is 14.6. The quantitative estimate of drug-likeness (QED) is 0.671. The van der Waals surface area contributed by atoms with Crippen LogP contribution in [0.1, 0.15) is 20.7 Å². The molecule has 2 aromatic carbocycles. The maximum Gasteiger partial charge on any atom is 0.250 e. The van der Waals surface area contributed by atoms with Gasteiger partial charge in [0.15, 0.2) is 0 Å². The van der Waals surface area contributed by atoms with Gasteiger partial charge in [0.1, 0.15) is 0 Å². The molecule has 4 nitrogen and oxygen atoms in total. The van der Waals surface area contributed by atoms with Crippen LogP contribution in [0.3, 0.4) is 0 Å². The molecule has 1 aliphatic heterocycles. The highest BCUT2D eigenvalue weighted by Crippen LogP contribution is 2.33. The van der Waals surface area contributed by atoms with Gasteiger partial charge in [-0.1, -0.05) is 23.7 Å². The Hall–Kier alpha value is -1.91. The third-order valence-electron chi connectivity index (χ3n) is 2.82. The summed E-state index contributed by atoms with van der Waals surface area (Å²) in [4.78, 5) is 23.3. The predicted molar refractivity (Wildman–Crippen MR) is 62.8 cm³/mol. The van der Waals surface area contributed by atoms with E-state index in [4.69, 9.17) is 11.6 Å². The molecule has 0 fully saturated rings. The Balaban J connectivity index is 2.54. The zero-order valence-corrected chi connectivity index (χ0v) is 9.19. The molecule has 3 rings (SSSR count). The van der Waals surface area contributed by atoms with Crippen molar-refractivity contribution in [2.45, 2.75) is 0 Å². The molecular weight excluding hydrogens is 242 g/mol. The number of rotatable bonds is 0. The van der Waals surface area contributed by atoms with E-state index in [9.17, 15) is 14.8 Å². The number of benzene rings is 2. The van der Waals surface area contributed by atoms with Gasteiger partial charge >= 0.3 is 0 Å². The molecule has 0 N–H and O–H groups in total. The highest BCUT2D eigenvalue weighted by molar-refractivity contribution is 6.38. The highest BCUT2D eigenvalue weighted by Gasteiger charge is 2.27. The summed E-state index contributed by atoms with van der Waals surface area (Å²) in [5, 5.41) is 12.8. The average Bonchev–Trinajstić information content (AvgIpc) is 2.35. The van der Waals surface area contributed by atoms with Gasteiger partial charge in [0.2, 0.25) is 0 Å². The summed E-state index contributed by atoms with van der Waals surface area (Å²) in [6, 6.07) is 7.88. The van der Waals surface area contributed by atoms with Crippen molar-refractivity contribution in [2.24, 2.45) is 0 Å². The molecule has 0 radical (unpaired) electrons. The van der Waals surface area contributed by atoms with E-state index in [1.165, 1.54) is 12.1 Å². The summed E-state index contributed by atoms with van der Waals surface area (Å²) in [6.07, 6.45) is 0. The molecule has 0 spiro atoms. The van der Waals surface area contributed by atoms with Crippen LogP contribution in [0.5, 0.6) is 0 Å². The van der Waals surface area contributed by atoms with Gasteiger partial charge in [-0.15, -0.1) is 0 Å². The van der Waals surface area contributed by atoms with Gasteiger partial charge in [0, 0.05) is 26.9 Å². The van der Waals surface area contributed by atoms with Crippen LogP contribution < -0.4 is 0 Å². The molecular formula is C12H5ClNO3-. The van der Waals surface area contributed by atoms with Gasteiger partial charge in [0.05, 0.1) is 0 Å². The third kappa shape index (κ3) is 1.22. The smallest absolute Gasteiger partial charge is 0.250 e. The van der Waals surface area contributed by atoms with Crippen molar-refractivity contribution in [3.05, 3.63) is 51.7 Å². The SMILES string of the molecule is O=C1c2cccc3c(Cl)ccc(c23)C(=O)N1[O-]. The number of halogens is 1. The largest absolute Gasteiger partial charge is 0.749 e. The lowest BCUT2D eigenvalue weighted by Gasteiger charge is -2.31. The van der Waals surface area contributed by atoms with E-state index < -0.39 is 11.8 Å². The minimum absolute atomic E-state index is 0.120. The van der Waals surface area contributed by atoms with Crippen molar-refractivity contribution in [1.29, 1.82) is 0 Å². The molecule has 0 aromatic heterocycles. The van der Waals surface area contributed by atoms with Crippen LogP contribution in [0, 0.1) is 5.21 Å². The summed E-state index contributed by atoms with van der Waals surface area (Å²) < 4.78 is 0. The van der Waals surface area contributed by atoms with Gasteiger partial charge < -0.3 is 10.3 Å². The van der Waals surface area contributed by atoms with Crippen LogP contribution >= 0.6 is 11.6 Å². The van der Waals surface area contributed by atoms with E-state index in [1.807, 2.05) is 0 Å². The fourth-order valence-electron chi connectivity index (χ4n) is 2.04.